The second-order valence-corrected chi connectivity index (χ2v) is 7.36. The molecule has 0 radical (unpaired) electrons. The zero-order valence-electron chi connectivity index (χ0n) is 13.1. The average Bonchev–Trinajstić information content (AvgIpc) is 2.37. The molecule has 0 bridgehead atoms. The van der Waals surface area contributed by atoms with Crippen molar-refractivity contribution in [1.29, 1.82) is 0 Å². The van der Waals surface area contributed by atoms with Crippen LogP contribution in [0.5, 0.6) is 0 Å². The molecule has 1 unspecified atom stereocenters. The van der Waals surface area contributed by atoms with Gasteiger partial charge < -0.3 is 5.32 Å². The lowest BCUT2D eigenvalue weighted by molar-refractivity contribution is 0.588. The molecule has 108 valence electrons. The third-order valence-corrected chi connectivity index (χ3v) is 4.71. The average molecular weight is 279 g/mol. The lowest BCUT2D eigenvalue weighted by atomic mass is 9.86. The minimum absolute atomic E-state index is 0.248. The quantitative estimate of drug-likeness (QED) is 0.749. The summed E-state index contributed by atoms with van der Waals surface area (Å²) in [6.45, 7) is 9.03. The number of nitrogens with one attached hydrogen (secondary N) is 1. The lowest BCUT2D eigenvalue weighted by Gasteiger charge is -2.20. The maximum Gasteiger partial charge on any atom is 0.0195 e. The molecule has 0 spiro atoms. The number of hydrogen-bond donors (Lipinski definition) is 1. The van der Waals surface area contributed by atoms with Gasteiger partial charge in [-0.1, -0.05) is 52.0 Å². The molecule has 0 saturated carbocycles. The summed E-state index contributed by atoms with van der Waals surface area (Å²) in [7, 11) is 2.07. The third-order valence-electron chi connectivity index (χ3n) is 3.38. The van der Waals surface area contributed by atoms with E-state index in [1.165, 1.54) is 29.1 Å². The van der Waals surface area contributed by atoms with Crippen molar-refractivity contribution >= 4 is 11.8 Å². The Morgan fingerprint density at radius 3 is 2.26 bits per heavy atom. The summed E-state index contributed by atoms with van der Waals surface area (Å²) in [5.41, 5.74) is 3.10. The van der Waals surface area contributed by atoms with Gasteiger partial charge in [0.15, 0.2) is 0 Å². The van der Waals surface area contributed by atoms with Crippen LogP contribution in [0.1, 0.15) is 45.2 Å². The predicted molar refractivity (Wildman–Crippen MR) is 89.3 cm³/mol. The van der Waals surface area contributed by atoms with Crippen molar-refractivity contribution in [3.63, 3.8) is 0 Å². The van der Waals surface area contributed by atoms with E-state index in [1.54, 1.807) is 0 Å². The molecule has 0 fully saturated rings. The molecule has 0 heterocycles. The molecule has 0 aliphatic carbocycles. The van der Waals surface area contributed by atoms with E-state index in [-0.39, 0.29) is 5.41 Å². The Kier molecular flexibility index (Phi) is 6.95. The topological polar surface area (TPSA) is 12.0 Å². The molecular weight excluding hydrogens is 250 g/mol. The van der Waals surface area contributed by atoms with Crippen LogP contribution >= 0.6 is 11.8 Å². The van der Waals surface area contributed by atoms with Gasteiger partial charge in [0.2, 0.25) is 0 Å². The normalized spacial score (nSPS) is 13.5. The highest BCUT2D eigenvalue weighted by Gasteiger charge is 2.13. The minimum Gasteiger partial charge on any atom is -0.316 e. The number of hydrogen-bond acceptors (Lipinski definition) is 2. The molecule has 1 atom stereocenters. The molecule has 1 rings (SSSR count). The Bertz CT molecular complexity index is 351. The SMILES string of the molecule is CCCSCC(Cc1ccc(C(C)(C)C)cc1)NC. The maximum atomic E-state index is 3.43. The van der Waals surface area contributed by atoms with E-state index in [1.807, 2.05) is 0 Å². The third kappa shape index (κ3) is 6.01. The van der Waals surface area contributed by atoms with Gasteiger partial charge in [-0.25, -0.2) is 0 Å². The lowest BCUT2D eigenvalue weighted by Crippen LogP contribution is -2.30. The molecule has 0 aliphatic heterocycles. The standard InChI is InChI=1S/C17H29NS/c1-6-11-19-13-16(18-5)12-14-7-9-15(10-8-14)17(2,3)4/h7-10,16,18H,6,11-13H2,1-5H3. The second-order valence-electron chi connectivity index (χ2n) is 6.21. The largest absolute Gasteiger partial charge is 0.316 e. The van der Waals surface area contributed by atoms with Crippen molar-refractivity contribution < 1.29 is 0 Å². The molecule has 2 heteroatoms. The fraction of sp³-hybridized carbons (Fsp3) is 0.647. The molecule has 1 nitrogen and oxygen atoms in total. The van der Waals surface area contributed by atoms with E-state index >= 15 is 0 Å². The number of thioether (sulfide) groups is 1. The van der Waals surface area contributed by atoms with E-state index in [0.717, 1.165) is 6.42 Å². The van der Waals surface area contributed by atoms with Crippen LogP contribution in [-0.4, -0.2) is 24.6 Å². The number of benzene rings is 1. The molecule has 19 heavy (non-hydrogen) atoms. The van der Waals surface area contributed by atoms with Crippen molar-refractivity contribution in [2.45, 2.75) is 52.0 Å². The van der Waals surface area contributed by atoms with Gasteiger partial charge in [-0.3, -0.25) is 0 Å². The Balaban J connectivity index is 2.55. The summed E-state index contributed by atoms with van der Waals surface area (Å²) in [4.78, 5) is 0. The molecular formula is C17H29NS. The first-order chi connectivity index (χ1) is 8.97. The monoisotopic (exact) mass is 279 g/mol. The van der Waals surface area contributed by atoms with E-state index in [2.05, 4.69) is 76.1 Å². The van der Waals surface area contributed by atoms with Crippen molar-refractivity contribution in [2.75, 3.05) is 18.6 Å². The van der Waals surface area contributed by atoms with E-state index in [4.69, 9.17) is 0 Å². The minimum atomic E-state index is 0.248. The van der Waals surface area contributed by atoms with Crippen LogP contribution < -0.4 is 5.32 Å². The maximum absolute atomic E-state index is 3.43. The van der Waals surface area contributed by atoms with Crippen LogP contribution in [0, 0.1) is 0 Å². The zero-order chi connectivity index (χ0) is 14.3. The van der Waals surface area contributed by atoms with E-state index in [0.29, 0.717) is 6.04 Å². The first kappa shape index (κ1) is 16.6. The van der Waals surface area contributed by atoms with E-state index < -0.39 is 0 Å². The Morgan fingerprint density at radius 1 is 1.16 bits per heavy atom. The predicted octanol–water partition coefficient (Wildman–Crippen LogP) is 4.26. The molecule has 0 aromatic heterocycles. The number of likely N-dealkylation sites (N-methyl/N-ethyl adjacent to an activating group) is 1. The zero-order valence-corrected chi connectivity index (χ0v) is 13.9. The van der Waals surface area contributed by atoms with Crippen LogP contribution in [0.15, 0.2) is 24.3 Å². The fourth-order valence-electron chi connectivity index (χ4n) is 2.04. The highest BCUT2D eigenvalue weighted by Crippen LogP contribution is 2.22. The molecule has 0 amide bonds. The van der Waals surface area contributed by atoms with Crippen molar-refractivity contribution in [1.82, 2.24) is 5.32 Å². The molecule has 0 aliphatic rings. The van der Waals surface area contributed by atoms with Crippen molar-refractivity contribution in [2.24, 2.45) is 0 Å². The van der Waals surface area contributed by atoms with Crippen LogP contribution in [0.3, 0.4) is 0 Å². The summed E-state index contributed by atoms with van der Waals surface area (Å²) in [5.74, 6) is 2.46. The van der Waals surface area contributed by atoms with Gasteiger partial charge in [0.1, 0.15) is 0 Å². The van der Waals surface area contributed by atoms with Gasteiger partial charge in [0.05, 0.1) is 0 Å². The second kappa shape index (κ2) is 7.96. The molecule has 1 aromatic carbocycles. The van der Waals surface area contributed by atoms with Gasteiger partial charge in [-0.15, -0.1) is 0 Å². The van der Waals surface area contributed by atoms with Gasteiger partial charge in [0, 0.05) is 11.8 Å². The summed E-state index contributed by atoms with van der Waals surface area (Å²) in [5, 5.41) is 3.43. The van der Waals surface area contributed by atoms with Crippen LogP contribution in [0.4, 0.5) is 0 Å². The molecule has 0 saturated heterocycles. The Morgan fingerprint density at radius 2 is 1.79 bits per heavy atom. The summed E-state index contributed by atoms with van der Waals surface area (Å²) in [6, 6.07) is 9.71. The smallest absolute Gasteiger partial charge is 0.0195 e. The first-order valence-corrected chi connectivity index (χ1v) is 8.47. The fourth-order valence-corrected chi connectivity index (χ4v) is 3.06. The highest BCUT2D eigenvalue weighted by atomic mass is 32.2. The van der Waals surface area contributed by atoms with Crippen molar-refractivity contribution in [3.05, 3.63) is 35.4 Å². The number of rotatable bonds is 7. The van der Waals surface area contributed by atoms with E-state index in [9.17, 15) is 0 Å². The summed E-state index contributed by atoms with van der Waals surface area (Å²) < 4.78 is 0. The van der Waals surface area contributed by atoms with Gasteiger partial charge in [0.25, 0.3) is 0 Å². The van der Waals surface area contributed by atoms with Gasteiger partial charge in [-0.05, 0) is 42.2 Å². The Labute approximate surface area is 123 Å². The van der Waals surface area contributed by atoms with Crippen LogP contribution in [0.25, 0.3) is 0 Å². The van der Waals surface area contributed by atoms with Gasteiger partial charge in [-0.2, -0.15) is 11.8 Å². The van der Waals surface area contributed by atoms with Gasteiger partial charge >= 0.3 is 0 Å². The van der Waals surface area contributed by atoms with Crippen LogP contribution in [0.2, 0.25) is 0 Å². The Hall–Kier alpha value is -0.470. The first-order valence-electron chi connectivity index (χ1n) is 7.31. The summed E-state index contributed by atoms with van der Waals surface area (Å²) >= 11 is 2.05. The summed E-state index contributed by atoms with van der Waals surface area (Å²) in [6.07, 6.45) is 2.39. The molecule has 1 N–H and O–H groups in total. The molecule has 1 aromatic rings. The highest BCUT2D eigenvalue weighted by molar-refractivity contribution is 7.99. The van der Waals surface area contributed by atoms with Crippen molar-refractivity contribution in [3.8, 4) is 0 Å². The van der Waals surface area contributed by atoms with Crippen LogP contribution in [-0.2, 0) is 11.8 Å².